The molecular weight excluding hydrogens is 253 g/mol. The number of nitrogens with two attached hydrogens (primary N) is 1. The Morgan fingerprint density at radius 1 is 1.77 bits per heavy atom. The van der Waals surface area contributed by atoms with Gasteiger partial charge in [-0.2, -0.15) is 5.26 Å². The van der Waals surface area contributed by atoms with Gasteiger partial charge in [-0.3, -0.25) is 4.98 Å². The van der Waals surface area contributed by atoms with Crippen molar-refractivity contribution in [1.29, 1.82) is 5.26 Å². The second-order valence-corrected chi connectivity index (χ2v) is 3.78. The van der Waals surface area contributed by atoms with Crippen LogP contribution in [-0.4, -0.2) is 4.98 Å². The molecule has 1 aromatic heterocycles. The summed E-state index contributed by atoms with van der Waals surface area (Å²) in [5.74, 6) is 0. The predicted molar refractivity (Wildman–Crippen MR) is 54.1 cm³/mol. The zero-order chi connectivity index (χ0) is 9.84. The summed E-state index contributed by atoms with van der Waals surface area (Å²) in [5, 5.41) is 8.99. The molecule has 0 aliphatic heterocycles. The number of aromatic nitrogens is 1. The van der Waals surface area contributed by atoms with Crippen molar-refractivity contribution in [3.05, 3.63) is 27.5 Å². The molecule has 0 spiro atoms. The van der Waals surface area contributed by atoms with E-state index in [9.17, 15) is 0 Å². The molecule has 2 N–H and O–H groups in total. The second kappa shape index (κ2) is 4.56. The highest BCUT2D eigenvalue weighted by atomic mass is 79.9. The molecule has 1 atom stereocenters. The van der Waals surface area contributed by atoms with Crippen LogP contribution in [-0.2, 0) is 0 Å². The average Bonchev–Trinajstić information content (AvgIpc) is 2.04. The molecular formula is C8H7BrClN3. The highest BCUT2D eigenvalue weighted by Crippen LogP contribution is 2.24. The highest BCUT2D eigenvalue weighted by Gasteiger charge is 2.10. The van der Waals surface area contributed by atoms with Crippen LogP contribution in [0.5, 0.6) is 0 Å². The van der Waals surface area contributed by atoms with Crippen LogP contribution in [0.3, 0.4) is 0 Å². The lowest BCUT2D eigenvalue weighted by Gasteiger charge is -2.08. The lowest BCUT2D eigenvalue weighted by molar-refractivity contribution is 0.715. The van der Waals surface area contributed by atoms with Crippen molar-refractivity contribution in [2.75, 3.05) is 0 Å². The Balaban J connectivity index is 2.96. The summed E-state index contributed by atoms with van der Waals surface area (Å²) >= 11 is 8.98. The van der Waals surface area contributed by atoms with E-state index in [0.29, 0.717) is 10.7 Å². The van der Waals surface area contributed by atoms with Crippen molar-refractivity contribution >= 4 is 27.5 Å². The van der Waals surface area contributed by atoms with Gasteiger partial charge in [-0.15, -0.1) is 0 Å². The Labute approximate surface area is 89.6 Å². The lowest BCUT2D eigenvalue weighted by atomic mass is 10.1. The molecule has 0 aliphatic carbocycles. The van der Waals surface area contributed by atoms with Gasteiger partial charge in [-0.1, -0.05) is 11.6 Å². The first-order valence-electron chi connectivity index (χ1n) is 3.58. The van der Waals surface area contributed by atoms with Crippen molar-refractivity contribution in [3.8, 4) is 6.07 Å². The van der Waals surface area contributed by atoms with Crippen LogP contribution < -0.4 is 5.73 Å². The Morgan fingerprint density at radius 3 is 3.00 bits per heavy atom. The number of nitriles is 1. The molecule has 5 heteroatoms. The molecule has 0 fully saturated rings. The van der Waals surface area contributed by atoms with E-state index in [0.717, 1.165) is 4.47 Å². The minimum absolute atomic E-state index is 0.243. The molecule has 1 aromatic rings. The van der Waals surface area contributed by atoms with Gasteiger partial charge in [-0.25, -0.2) is 0 Å². The third kappa shape index (κ3) is 2.66. The summed E-state index contributed by atoms with van der Waals surface area (Å²) in [6, 6.07) is 3.33. The van der Waals surface area contributed by atoms with Gasteiger partial charge < -0.3 is 5.73 Å². The topological polar surface area (TPSA) is 62.7 Å². The first kappa shape index (κ1) is 10.5. The molecule has 0 saturated heterocycles. The molecule has 1 rings (SSSR count). The Bertz CT molecular complexity index is 348. The molecule has 68 valence electrons. The summed E-state index contributed by atoms with van der Waals surface area (Å²) in [4.78, 5) is 4.04. The number of hydrogen-bond acceptors (Lipinski definition) is 3. The van der Waals surface area contributed by atoms with Crippen LogP contribution in [0.1, 0.15) is 18.2 Å². The second-order valence-electron chi connectivity index (χ2n) is 2.49. The van der Waals surface area contributed by atoms with Crippen LogP contribution >= 0.6 is 27.5 Å². The zero-order valence-corrected chi connectivity index (χ0v) is 9.01. The molecule has 0 bridgehead atoms. The van der Waals surface area contributed by atoms with E-state index in [4.69, 9.17) is 22.6 Å². The van der Waals surface area contributed by atoms with Crippen LogP contribution in [0.2, 0.25) is 5.02 Å². The first-order chi connectivity index (χ1) is 6.15. The molecule has 0 radical (unpaired) electrons. The number of hydrogen-bond donors (Lipinski definition) is 1. The molecule has 0 unspecified atom stereocenters. The van der Waals surface area contributed by atoms with Gasteiger partial charge in [0.25, 0.3) is 0 Å². The standard InChI is InChI=1S/C8H7BrClN3/c9-6-3-5(10)4-13-8(6)7(12)1-2-11/h3-4,7H,1,12H2/t7-/m1/s1. The monoisotopic (exact) mass is 259 g/mol. The summed E-state index contributed by atoms with van der Waals surface area (Å²) in [6.07, 6.45) is 1.76. The maximum Gasteiger partial charge on any atom is 0.0724 e. The number of halogens is 2. The predicted octanol–water partition coefficient (Wildman–Crippen LogP) is 2.41. The Hall–Kier alpha value is -0.630. The van der Waals surface area contributed by atoms with Crippen molar-refractivity contribution in [2.45, 2.75) is 12.5 Å². The van der Waals surface area contributed by atoms with E-state index in [-0.39, 0.29) is 12.5 Å². The Kier molecular flexibility index (Phi) is 3.67. The van der Waals surface area contributed by atoms with Gasteiger partial charge >= 0.3 is 0 Å². The first-order valence-corrected chi connectivity index (χ1v) is 4.75. The van der Waals surface area contributed by atoms with Gasteiger partial charge in [0, 0.05) is 10.7 Å². The molecule has 13 heavy (non-hydrogen) atoms. The van der Waals surface area contributed by atoms with Crippen LogP contribution in [0, 0.1) is 11.3 Å². The third-order valence-corrected chi connectivity index (χ3v) is 2.34. The van der Waals surface area contributed by atoms with E-state index in [2.05, 4.69) is 20.9 Å². The largest absolute Gasteiger partial charge is 0.322 e. The van der Waals surface area contributed by atoms with Gasteiger partial charge in [-0.05, 0) is 22.0 Å². The fourth-order valence-corrected chi connectivity index (χ4v) is 1.83. The van der Waals surface area contributed by atoms with Gasteiger partial charge in [0.1, 0.15) is 0 Å². The maximum atomic E-state index is 8.44. The fourth-order valence-electron chi connectivity index (χ4n) is 0.893. The SMILES string of the molecule is N#CC[C@@H](N)c1ncc(Cl)cc1Br. The maximum absolute atomic E-state index is 8.44. The molecule has 3 nitrogen and oxygen atoms in total. The molecule has 0 aromatic carbocycles. The summed E-state index contributed by atoms with van der Waals surface area (Å²) in [7, 11) is 0. The van der Waals surface area contributed by atoms with E-state index in [1.54, 1.807) is 6.07 Å². The van der Waals surface area contributed by atoms with Gasteiger partial charge in [0.2, 0.25) is 0 Å². The van der Waals surface area contributed by atoms with E-state index < -0.39 is 0 Å². The third-order valence-electron chi connectivity index (χ3n) is 1.50. The van der Waals surface area contributed by atoms with Gasteiger partial charge in [0.05, 0.1) is 29.2 Å². The normalized spacial score (nSPS) is 12.2. The average molecular weight is 261 g/mol. The fraction of sp³-hybridized carbons (Fsp3) is 0.250. The Morgan fingerprint density at radius 2 is 2.46 bits per heavy atom. The molecule has 1 heterocycles. The van der Waals surface area contributed by atoms with Crippen molar-refractivity contribution in [3.63, 3.8) is 0 Å². The summed E-state index contributed by atoms with van der Waals surface area (Å²) in [5.41, 5.74) is 6.36. The summed E-state index contributed by atoms with van der Waals surface area (Å²) in [6.45, 7) is 0. The van der Waals surface area contributed by atoms with Crippen molar-refractivity contribution in [1.82, 2.24) is 4.98 Å². The summed E-state index contributed by atoms with van der Waals surface area (Å²) < 4.78 is 0.739. The quantitative estimate of drug-likeness (QED) is 0.888. The van der Waals surface area contributed by atoms with Crippen molar-refractivity contribution in [2.24, 2.45) is 5.73 Å². The highest BCUT2D eigenvalue weighted by molar-refractivity contribution is 9.10. The molecule has 0 amide bonds. The van der Waals surface area contributed by atoms with E-state index in [1.807, 2.05) is 6.07 Å². The van der Waals surface area contributed by atoms with Gasteiger partial charge in [0.15, 0.2) is 0 Å². The zero-order valence-electron chi connectivity index (χ0n) is 6.67. The smallest absolute Gasteiger partial charge is 0.0724 e. The molecule has 0 aliphatic rings. The van der Waals surface area contributed by atoms with E-state index >= 15 is 0 Å². The van der Waals surface area contributed by atoms with E-state index in [1.165, 1.54) is 6.20 Å². The lowest BCUT2D eigenvalue weighted by Crippen LogP contribution is -2.11. The number of rotatable bonds is 2. The minimum atomic E-state index is -0.364. The minimum Gasteiger partial charge on any atom is -0.322 e. The number of pyridine rings is 1. The van der Waals surface area contributed by atoms with Crippen LogP contribution in [0.4, 0.5) is 0 Å². The van der Waals surface area contributed by atoms with Crippen molar-refractivity contribution < 1.29 is 0 Å². The van der Waals surface area contributed by atoms with Crippen LogP contribution in [0.25, 0.3) is 0 Å². The molecule has 0 saturated carbocycles. The number of nitrogens with zero attached hydrogens (tertiary/aromatic N) is 2. The van der Waals surface area contributed by atoms with Crippen LogP contribution in [0.15, 0.2) is 16.7 Å².